The second-order valence-corrected chi connectivity index (χ2v) is 4.67. The van der Waals surface area contributed by atoms with Gasteiger partial charge in [0.2, 0.25) is 5.95 Å². The quantitative estimate of drug-likeness (QED) is 0.597. The standard InChI is InChI=1S/C12H14BrN5/c1-8-6-16-12(18-14)17-11(8)15-7-9-4-2-3-5-10(9)13/h2-6H,7,14H2,1H3,(H2,15,16,17,18). The topological polar surface area (TPSA) is 75.9 Å². The lowest BCUT2D eigenvalue weighted by Crippen LogP contribution is -2.12. The number of halogens is 1. The summed E-state index contributed by atoms with van der Waals surface area (Å²) < 4.78 is 1.07. The second-order valence-electron chi connectivity index (χ2n) is 3.81. The molecule has 0 atom stereocenters. The minimum absolute atomic E-state index is 0.398. The van der Waals surface area contributed by atoms with Crippen molar-refractivity contribution in [2.75, 3.05) is 10.7 Å². The number of nitrogens with two attached hydrogens (primary N) is 1. The molecular formula is C12H14BrN5. The van der Waals surface area contributed by atoms with E-state index >= 15 is 0 Å². The van der Waals surface area contributed by atoms with Gasteiger partial charge in [-0.1, -0.05) is 34.1 Å². The molecule has 0 bridgehead atoms. The molecule has 4 N–H and O–H groups in total. The number of nitrogen functional groups attached to an aromatic ring is 1. The van der Waals surface area contributed by atoms with Gasteiger partial charge in [0.05, 0.1) is 0 Å². The van der Waals surface area contributed by atoms with Crippen LogP contribution in [0.25, 0.3) is 0 Å². The molecule has 5 nitrogen and oxygen atoms in total. The van der Waals surface area contributed by atoms with Crippen molar-refractivity contribution in [1.82, 2.24) is 9.97 Å². The van der Waals surface area contributed by atoms with Gasteiger partial charge in [0.15, 0.2) is 0 Å². The van der Waals surface area contributed by atoms with E-state index in [2.05, 4.69) is 42.7 Å². The lowest BCUT2D eigenvalue weighted by Gasteiger charge is -2.10. The lowest BCUT2D eigenvalue weighted by atomic mass is 10.2. The Kier molecular flexibility index (Phi) is 4.11. The molecule has 0 saturated carbocycles. The molecule has 18 heavy (non-hydrogen) atoms. The average molecular weight is 308 g/mol. The number of hydrazine groups is 1. The van der Waals surface area contributed by atoms with Crippen molar-refractivity contribution < 1.29 is 0 Å². The van der Waals surface area contributed by atoms with Crippen LogP contribution in [-0.2, 0) is 6.54 Å². The summed E-state index contributed by atoms with van der Waals surface area (Å²) in [6.45, 7) is 2.63. The zero-order valence-electron chi connectivity index (χ0n) is 9.94. The van der Waals surface area contributed by atoms with E-state index in [1.165, 1.54) is 0 Å². The number of hydrogen-bond donors (Lipinski definition) is 3. The number of nitrogens with one attached hydrogen (secondary N) is 2. The third-order valence-corrected chi connectivity index (χ3v) is 3.28. The van der Waals surface area contributed by atoms with Gasteiger partial charge in [-0.25, -0.2) is 10.8 Å². The Morgan fingerprint density at radius 1 is 1.33 bits per heavy atom. The lowest BCUT2D eigenvalue weighted by molar-refractivity contribution is 1.04. The van der Waals surface area contributed by atoms with Gasteiger partial charge in [-0.2, -0.15) is 4.98 Å². The predicted molar refractivity (Wildman–Crippen MR) is 76.0 cm³/mol. The zero-order chi connectivity index (χ0) is 13.0. The molecule has 0 radical (unpaired) electrons. The Morgan fingerprint density at radius 3 is 2.83 bits per heavy atom. The van der Waals surface area contributed by atoms with Crippen LogP contribution in [0.4, 0.5) is 11.8 Å². The normalized spacial score (nSPS) is 10.2. The molecule has 0 amide bonds. The van der Waals surface area contributed by atoms with Crippen LogP contribution in [0.1, 0.15) is 11.1 Å². The second kappa shape index (κ2) is 5.79. The first-order chi connectivity index (χ1) is 8.70. The van der Waals surface area contributed by atoms with Crippen molar-refractivity contribution in [3.05, 3.63) is 46.1 Å². The van der Waals surface area contributed by atoms with E-state index in [1.807, 2.05) is 25.1 Å². The van der Waals surface area contributed by atoms with E-state index in [-0.39, 0.29) is 0 Å². The molecule has 0 spiro atoms. The van der Waals surface area contributed by atoms with Gasteiger partial charge in [-0.15, -0.1) is 0 Å². The summed E-state index contributed by atoms with van der Waals surface area (Å²) >= 11 is 3.51. The van der Waals surface area contributed by atoms with E-state index in [0.29, 0.717) is 12.5 Å². The molecule has 1 aromatic heterocycles. The van der Waals surface area contributed by atoms with E-state index in [0.717, 1.165) is 21.4 Å². The summed E-state index contributed by atoms with van der Waals surface area (Å²) in [7, 11) is 0. The number of rotatable bonds is 4. The highest BCUT2D eigenvalue weighted by Crippen LogP contribution is 2.18. The number of anilines is 2. The first kappa shape index (κ1) is 12.8. The summed E-state index contributed by atoms with van der Waals surface area (Å²) in [4.78, 5) is 8.30. The smallest absolute Gasteiger partial charge is 0.239 e. The molecular weight excluding hydrogens is 294 g/mol. The Balaban J connectivity index is 2.13. The van der Waals surface area contributed by atoms with Gasteiger partial charge < -0.3 is 5.32 Å². The Labute approximate surface area is 114 Å². The maximum absolute atomic E-state index is 5.29. The molecule has 0 aliphatic carbocycles. The minimum Gasteiger partial charge on any atom is -0.366 e. The van der Waals surface area contributed by atoms with E-state index < -0.39 is 0 Å². The molecule has 0 saturated heterocycles. The number of aryl methyl sites for hydroxylation is 1. The highest BCUT2D eigenvalue weighted by molar-refractivity contribution is 9.10. The maximum Gasteiger partial charge on any atom is 0.239 e. The van der Waals surface area contributed by atoms with Crippen LogP contribution in [-0.4, -0.2) is 9.97 Å². The molecule has 2 rings (SSSR count). The van der Waals surface area contributed by atoms with Crippen LogP contribution in [0, 0.1) is 6.92 Å². The zero-order valence-corrected chi connectivity index (χ0v) is 11.5. The molecule has 0 aliphatic heterocycles. The molecule has 2 aromatic rings. The summed E-state index contributed by atoms with van der Waals surface area (Å²) in [6.07, 6.45) is 1.73. The van der Waals surface area contributed by atoms with Crippen LogP contribution >= 0.6 is 15.9 Å². The van der Waals surface area contributed by atoms with Crippen LogP contribution < -0.4 is 16.6 Å². The fraction of sp³-hybridized carbons (Fsp3) is 0.167. The highest BCUT2D eigenvalue weighted by atomic mass is 79.9. The molecule has 0 unspecified atom stereocenters. The number of hydrogen-bond acceptors (Lipinski definition) is 5. The Bertz CT molecular complexity index is 544. The van der Waals surface area contributed by atoms with Gasteiger partial charge in [0.1, 0.15) is 5.82 Å². The summed E-state index contributed by atoms with van der Waals surface area (Å²) in [5.74, 6) is 6.46. The van der Waals surface area contributed by atoms with Crippen molar-refractivity contribution in [1.29, 1.82) is 0 Å². The largest absolute Gasteiger partial charge is 0.366 e. The van der Waals surface area contributed by atoms with Gasteiger partial charge in [-0.3, -0.25) is 5.43 Å². The van der Waals surface area contributed by atoms with Gasteiger partial charge in [-0.05, 0) is 18.6 Å². The van der Waals surface area contributed by atoms with Crippen molar-refractivity contribution in [2.45, 2.75) is 13.5 Å². The highest BCUT2D eigenvalue weighted by Gasteiger charge is 2.04. The van der Waals surface area contributed by atoms with Crippen LogP contribution in [0.15, 0.2) is 34.9 Å². The van der Waals surface area contributed by atoms with Crippen LogP contribution in [0.3, 0.4) is 0 Å². The Morgan fingerprint density at radius 2 is 2.11 bits per heavy atom. The summed E-state index contributed by atoms with van der Waals surface area (Å²) in [5, 5.41) is 3.27. The summed E-state index contributed by atoms with van der Waals surface area (Å²) in [6, 6.07) is 8.05. The van der Waals surface area contributed by atoms with Crippen molar-refractivity contribution in [2.24, 2.45) is 5.84 Å². The maximum atomic E-state index is 5.29. The minimum atomic E-state index is 0.398. The molecule has 0 fully saturated rings. The van der Waals surface area contributed by atoms with Gasteiger partial charge in [0, 0.05) is 22.8 Å². The van der Waals surface area contributed by atoms with Gasteiger partial charge >= 0.3 is 0 Å². The summed E-state index contributed by atoms with van der Waals surface area (Å²) in [5.41, 5.74) is 4.57. The predicted octanol–water partition coefficient (Wildman–Crippen LogP) is 2.45. The number of aromatic nitrogens is 2. The fourth-order valence-electron chi connectivity index (χ4n) is 1.51. The molecule has 1 heterocycles. The molecule has 1 aromatic carbocycles. The SMILES string of the molecule is Cc1cnc(NN)nc1NCc1ccccc1Br. The third-order valence-electron chi connectivity index (χ3n) is 2.50. The molecule has 94 valence electrons. The Hall–Kier alpha value is -1.66. The monoisotopic (exact) mass is 307 g/mol. The van der Waals surface area contributed by atoms with Crippen molar-refractivity contribution >= 4 is 27.7 Å². The van der Waals surface area contributed by atoms with Crippen molar-refractivity contribution in [3.8, 4) is 0 Å². The first-order valence-electron chi connectivity index (χ1n) is 5.48. The fourth-order valence-corrected chi connectivity index (χ4v) is 1.94. The average Bonchev–Trinajstić information content (AvgIpc) is 2.39. The van der Waals surface area contributed by atoms with Crippen molar-refractivity contribution in [3.63, 3.8) is 0 Å². The van der Waals surface area contributed by atoms with E-state index in [9.17, 15) is 0 Å². The molecule has 6 heteroatoms. The van der Waals surface area contributed by atoms with Crippen LogP contribution in [0.5, 0.6) is 0 Å². The van der Waals surface area contributed by atoms with Crippen LogP contribution in [0.2, 0.25) is 0 Å². The number of benzene rings is 1. The number of nitrogens with zero attached hydrogens (tertiary/aromatic N) is 2. The first-order valence-corrected chi connectivity index (χ1v) is 6.27. The molecule has 0 aliphatic rings. The van der Waals surface area contributed by atoms with Gasteiger partial charge in [0.25, 0.3) is 0 Å². The van der Waals surface area contributed by atoms with E-state index in [4.69, 9.17) is 5.84 Å². The van der Waals surface area contributed by atoms with E-state index in [1.54, 1.807) is 6.20 Å². The third kappa shape index (κ3) is 2.96.